The van der Waals surface area contributed by atoms with Crippen molar-refractivity contribution >= 4 is 21.9 Å². The SMILES string of the molecule is Cc1ccc(C#N)c(Oc2cc(Br)ccc2C(=O)O)n1. The summed E-state index contributed by atoms with van der Waals surface area (Å²) in [5, 5.41) is 18.2. The summed E-state index contributed by atoms with van der Waals surface area (Å²) in [4.78, 5) is 15.3. The van der Waals surface area contributed by atoms with Crippen LogP contribution in [0.15, 0.2) is 34.8 Å². The van der Waals surface area contributed by atoms with Crippen LogP contribution in [0.1, 0.15) is 21.6 Å². The van der Waals surface area contributed by atoms with E-state index in [1.54, 1.807) is 25.1 Å². The number of rotatable bonds is 3. The Morgan fingerprint density at radius 2 is 2.15 bits per heavy atom. The Bertz CT molecular complexity index is 723. The molecule has 1 N–H and O–H groups in total. The van der Waals surface area contributed by atoms with E-state index in [2.05, 4.69) is 20.9 Å². The van der Waals surface area contributed by atoms with E-state index < -0.39 is 5.97 Å². The lowest BCUT2D eigenvalue weighted by molar-refractivity contribution is 0.0694. The Morgan fingerprint density at radius 3 is 2.80 bits per heavy atom. The molecule has 6 heteroatoms. The number of ether oxygens (including phenoxy) is 1. The van der Waals surface area contributed by atoms with Crippen molar-refractivity contribution in [1.29, 1.82) is 5.26 Å². The van der Waals surface area contributed by atoms with E-state index >= 15 is 0 Å². The molecule has 0 radical (unpaired) electrons. The maximum absolute atomic E-state index is 11.2. The third-order valence-corrected chi connectivity index (χ3v) is 2.99. The quantitative estimate of drug-likeness (QED) is 0.929. The van der Waals surface area contributed by atoms with Crippen molar-refractivity contribution in [3.63, 3.8) is 0 Å². The molecule has 5 nitrogen and oxygen atoms in total. The van der Waals surface area contributed by atoms with Crippen LogP contribution in [-0.4, -0.2) is 16.1 Å². The lowest BCUT2D eigenvalue weighted by Crippen LogP contribution is -2.02. The molecular weight excluding hydrogens is 324 g/mol. The third-order valence-electron chi connectivity index (χ3n) is 2.50. The van der Waals surface area contributed by atoms with Crippen molar-refractivity contribution in [3.05, 3.63) is 51.6 Å². The van der Waals surface area contributed by atoms with Crippen LogP contribution in [-0.2, 0) is 0 Å². The summed E-state index contributed by atoms with van der Waals surface area (Å²) >= 11 is 3.25. The highest BCUT2D eigenvalue weighted by Crippen LogP contribution is 2.29. The van der Waals surface area contributed by atoms with Gasteiger partial charge in [-0.15, -0.1) is 0 Å². The van der Waals surface area contributed by atoms with Gasteiger partial charge in [-0.05, 0) is 37.3 Å². The first kappa shape index (κ1) is 14.0. The topological polar surface area (TPSA) is 83.2 Å². The molecular formula is C14H9BrN2O3. The van der Waals surface area contributed by atoms with Gasteiger partial charge >= 0.3 is 5.97 Å². The summed E-state index contributed by atoms with van der Waals surface area (Å²) in [6, 6.07) is 9.77. The molecule has 0 aliphatic carbocycles. The van der Waals surface area contributed by atoms with Crippen LogP contribution in [0.3, 0.4) is 0 Å². The van der Waals surface area contributed by atoms with Crippen LogP contribution in [0.4, 0.5) is 0 Å². The van der Waals surface area contributed by atoms with E-state index in [0.717, 1.165) is 0 Å². The molecule has 0 aliphatic heterocycles. The monoisotopic (exact) mass is 332 g/mol. The number of nitriles is 1. The fourth-order valence-electron chi connectivity index (χ4n) is 1.56. The molecule has 0 spiro atoms. The van der Waals surface area contributed by atoms with Gasteiger partial charge in [0.1, 0.15) is 22.9 Å². The number of aromatic nitrogens is 1. The van der Waals surface area contributed by atoms with Crippen molar-refractivity contribution in [2.24, 2.45) is 0 Å². The van der Waals surface area contributed by atoms with Crippen molar-refractivity contribution in [1.82, 2.24) is 4.98 Å². The first-order valence-electron chi connectivity index (χ1n) is 5.59. The second-order valence-electron chi connectivity index (χ2n) is 3.96. The maximum atomic E-state index is 11.2. The fourth-order valence-corrected chi connectivity index (χ4v) is 1.90. The summed E-state index contributed by atoms with van der Waals surface area (Å²) in [6.45, 7) is 1.76. The zero-order valence-electron chi connectivity index (χ0n) is 10.4. The number of carboxylic acid groups (broad SMARTS) is 1. The maximum Gasteiger partial charge on any atom is 0.339 e. The predicted octanol–water partition coefficient (Wildman–Crippen LogP) is 3.51. The van der Waals surface area contributed by atoms with Crippen LogP contribution >= 0.6 is 15.9 Å². The summed E-state index contributed by atoms with van der Waals surface area (Å²) in [5.74, 6) is -0.895. The van der Waals surface area contributed by atoms with Crippen LogP contribution in [0.2, 0.25) is 0 Å². The molecule has 0 bridgehead atoms. The molecule has 20 heavy (non-hydrogen) atoms. The molecule has 0 atom stereocenters. The number of nitrogens with zero attached hydrogens (tertiary/aromatic N) is 2. The van der Waals surface area contributed by atoms with Crippen LogP contribution in [0.5, 0.6) is 11.6 Å². The van der Waals surface area contributed by atoms with E-state index in [-0.39, 0.29) is 22.8 Å². The Hall–Kier alpha value is -2.39. The Balaban J connectivity index is 2.50. The lowest BCUT2D eigenvalue weighted by atomic mass is 10.2. The number of carbonyl (C=O) groups is 1. The Morgan fingerprint density at radius 1 is 1.40 bits per heavy atom. The van der Waals surface area contributed by atoms with E-state index in [9.17, 15) is 4.79 Å². The van der Waals surface area contributed by atoms with E-state index in [1.165, 1.54) is 12.1 Å². The second kappa shape index (κ2) is 5.72. The fraction of sp³-hybridized carbons (Fsp3) is 0.0714. The molecule has 2 rings (SSSR count). The van der Waals surface area contributed by atoms with Gasteiger partial charge in [-0.1, -0.05) is 15.9 Å². The Kier molecular flexibility index (Phi) is 4.01. The van der Waals surface area contributed by atoms with Crippen molar-refractivity contribution in [3.8, 4) is 17.7 Å². The molecule has 0 aliphatic rings. The van der Waals surface area contributed by atoms with Gasteiger partial charge in [-0.3, -0.25) is 0 Å². The van der Waals surface area contributed by atoms with E-state index in [1.807, 2.05) is 6.07 Å². The molecule has 1 aromatic carbocycles. The van der Waals surface area contributed by atoms with Gasteiger partial charge in [-0.25, -0.2) is 9.78 Å². The van der Waals surface area contributed by atoms with Crippen LogP contribution in [0.25, 0.3) is 0 Å². The third kappa shape index (κ3) is 2.95. The number of carboxylic acids is 1. The molecule has 0 saturated heterocycles. The van der Waals surface area contributed by atoms with Crippen molar-refractivity contribution in [2.45, 2.75) is 6.92 Å². The number of benzene rings is 1. The molecule has 0 amide bonds. The van der Waals surface area contributed by atoms with E-state index in [4.69, 9.17) is 15.1 Å². The van der Waals surface area contributed by atoms with Gasteiger partial charge in [0, 0.05) is 10.2 Å². The number of pyridine rings is 1. The van der Waals surface area contributed by atoms with Crippen LogP contribution in [0, 0.1) is 18.3 Å². The minimum absolute atomic E-state index is 0.000367. The number of aromatic carboxylic acids is 1. The molecule has 1 heterocycles. The zero-order valence-corrected chi connectivity index (χ0v) is 12.0. The first-order valence-corrected chi connectivity index (χ1v) is 6.39. The molecule has 100 valence electrons. The van der Waals surface area contributed by atoms with Gasteiger partial charge in [0.15, 0.2) is 0 Å². The highest BCUT2D eigenvalue weighted by molar-refractivity contribution is 9.10. The average Bonchev–Trinajstić information content (AvgIpc) is 2.38. The van der Waals surface area contributed by atoms with Gasteiger partial charge < -0.3 is 9.84 Å². The van der Waals surface area contributed by atoms with E-state index in [0.29, 0.717) is 10.2 Å². The normalized spacial score (nSPS) is 9.85. The lowest BCUT2D eigenvalue weighted by Gasteiger charge is -2.10. The molecule has 0 unspecified atom stereocenters. The molecule has 1 aromatic heterocycles. The van der Waals surface area contributed by atoms with Crippen molar-refractivity contribution in [2.75, 3.05) is 0 Å². The Labute approximate surface area is 123 Å². The summed E-state index contributed by atoms with van der Waals surface area (Å²) in [6.07, 6.45) is 0. The minimum Gasteiger partial charge on any atom is -0.478 e. The van der Waals surface area contributed by atoms with Gasteiger partial charge in [0.2, 0.25) is 5.88 Å². The summed E-state index contributed by atoms with van der Waals surface area (Å²) in [7, 11) is 0. The summed E-state index contributed by atoms with van der Waals surface area (Å²) < 4.78 is 6.18. The average molecular weight is 333 g/mol. The number of aryl methyl sites for hydroxylation is 1. The number of hydrogen-bond acceptors (Lipinski definition) is 4. The smallest absolute Gasteiger partial charge is 0.339 e. The van der Waals surface area contributed by atoms with Gasteiger partial charge in [0.05, 0.1) is 0 Å². The largest absolute Gasteiger partial charge is 0.478 e. The first-order chi connectivity index (χ1) is 9.51. The predicted molar refractivity (Wildman–Crippen MR) is 74.9 cm³/mol. The molecule has 0 saturated carbocycles. The summed E-state index contributed by atoms with van der Waals surface area (Å²) in [5.41, 5.74) is 0.915. The molecule has 2 aromatic rings. The highest BCUT2D eigenvalue weighted by atomic mass is 79.9. The zero-order chi connectivity index (χ0) is 14.7. The second-order valence-corrected chi connectivity index (χ2v) is 4.88. The minimum atomic E-state index is -1.11. The van der Waals surface area contributed by atoms with Crippen molar-refractivity contribution < 1.29 is 14.6 Å². The van der Waals surface area contributed by atoms with Gasteiger partial charge in [-0.2, -0.15) is 5.26 Å². The van der Waals surface area contributed by atoms with Crippen LogP contribution < -0.4 is 4.74 Å². The standard InChI is InChI=1S/C14H9BrN2O3/c1-8-2-3-9(7-16)13(17-8)20-12-6-10(15)4-5-11(12)14(18)19/h2-6H,1H3,(H,18,19). The van der Waals surface area contributed by atoms with Gasteiger partial charge in [0.25, 0.3) is 0 Å². The number of halogens is 1. The number of hydrogen-bond donors (Lipinski definition) is 1. The highest BCUT2D eigenvalue weighted by Gasteiger charge is 2.15. The molecule has 0 fully saturated rings.